The molecule has 0 aromatic heterocycles. The van der Waals surface area contributed by atoms with E-state index in [1.165, 1.54) is 0 Å². The third-order valence-electron chi connectivity index (χ3n) is 2.19. The highest BCUT2D eigenvalue weighted by Crippen LogP contribution is 2.21. The summed E-state index contributed by atoms with van der Waals surface area (Å²) < 4.78 is 0. The molecule has 0 saturated heterocycles. The van der Waals surface area contributed by atoms with Gasteiger partial charge < -0.3 is 4.79 Å². The molecule has 0 amide bonds. The number of benzene rings is 1. The molecule has 0 bridgehead atoms. The normalized spacial score (nSPS) is 12.1. The van der Waals surface area contributed by atoms with E-state index >= 15 is 0 Å². The third-order valence-corrected chi connectivity index (χ3v) is 2.47. The quantitative estimate of drug-likeness (QED) is 0.565. The van der Waals surface area contributed by atoms with Gasteiger partial charge in [0.2, 0.25) is 0 Å². The molecule has 0 N–H and O–H groups in total. The van der Waals surface area contributed by atoms with Gasteiger partial charge in [0.25, 0.3) is 0 Å². The van der Waals surface area contributed by atoms with Gasteiger partial charge >= 0.3 is 0 Å². The molecule has 0 saturated carbocycles. The molecule has 3 heteroatoms. The standard InChI is InChI=1S/C11H11ClO2/c1-8(6-13)10-4-2-3-9(5-12)11(10)7-14/h2-4,6-8H,5H2,1H3. The fourth-order valence-corrected chi connectivity index (χ4v) is 1.60. The summed E-state index contributed by atoms with van der Waals surface area (Å²) in [6.07, 6.45) is 1.58. The number of alkyl halides is 1. The highest BCUT2D eigenvalue weighted by Gasteiger charge is 2.11. The van der Waals surface area contributed by atoms with Crippen molar-refractivity contribution in [2.75, 3.05) is 0 Å². The Morgan fingerprint density at radius 3 is 2.64 bits per heavy atom. The van der Waals surface area contributed by atoms with Gasteiger partial charge in [-0.25, -0.2) is 0 Å². The monoisotopic (exact) mass is 210 g/mol. The Morgan fingerprint density at radius 2 is 2.14 bits per heavy atom. The fraction of sp³-hybridized carbons (Fsp3) is 0.273. The van der Waals surface area contributed by atoms with Crippen LogP contribution in [0.5, 0.6) is 0 Å². The van der Waals surface area contributed by atoms with Gasteiger partial charge in [-0.1, -0.05) is 25.1 Å². The Kier molecular flexibility index (Phi) is 3.84. The first-order valence-corrected chi connectivity index (χ1v) is 4.86. The molecule has 0 spiro atoms. The lowest BCUT2D eigenvalue weighted by Crippen LogP contribution is -2.02. The van der Waals surface area contributed by atoms with E-state index in [-0.39, 0.29) is 11.8 Å². The van der Waals surface area contributed by atoms with Crippen molar-refractivity contribution in [3.63, 3.8) is 0 Å². The van der Waals surface area contributed by atoms with Crippen molar-refractivity contribution in [2.24, 2.45) is 0 Å². The maximum atomic E-state index is 10.9. The van der Waals surface area contributed by atoms with Crippen LogP contribution in [0, 0.1) is 0 Å². The van der Waals surface area contributed by atoms with Crippen molar-refractivity contribution >= 4 is 24.2 Å². The maximum Gasteiger partial charge on any atom is 0.150 e. The van der Waals surface area contributed by atoms with Gasteiger partial charge in [-0.3, -0.25) is 4.79 Å². The molecule has 0 radical (unpaired) electrons. The summed E-state index contributed by atoms with van der Waals surface area (Å²) in [5, 5.41) is 0. The van der Waals surface area contributed by atoms with Gasteiger partial charge in [0.15, 0.2) is 6.29 Å². The lowest BCUT2D eigenvalue weighted by molar-refractivity contribution is -0.108. The second kappa shape index (κ2) is 4.91. The van der Waals surface area contributed by atoms with Crippen molar-refractivity contribution < 1.29 is 9.59 Å². The molecular formula is C11H11ClO2. The molecule has 1 atom stereocenters. The van der Waals surface area contributed by atoms with Gasteiger partial charge in [0.1, 0.15) is 6.29 Å². The summed E-state index contributed by atoms with van der Waals surface area (Å²) >= 11 is 5.68. The van der Waals surface area contributed by atoms with Crippen molar-refractivity contribution in [2.45, 2.75) is 18.7 Å². The number of hydrogen-bond acceptors (Lipinski definition) is 2. The Labute approximate surface area is 87.9 Å². The van der Waals surface area contributed by atoms with Crippen LogP contribution in [0.3, 0.4) is 0 Å². The fourth-order valence-electron chi connectivity index (χ4n) is 1.36. The van der Waals surface area contributed by atoms with Gasteiger partial charge in [-0.05, 0) is 11.1 Å². The molecule has 74 valence electrons. The van der Waals surface area contributed by atoms with E-state index in [1.807, 2.05) is 0 Å². The molecule has 0 aliphatic rings. The van der Waals surface area contributed by atoms with Gasteiger partial charge in [0, 0.05) is 17.4 Å². The largest absolute Gasteiger partial charge is 0.303 e. The van der Waals surface area contributed by atoms with Crippen LogP contribution in [0.2, 0.25) is 0 Å². The molecule has 14 heavy (non-hydrogen) atoms. The minimum absolute atomic E-state index is 0.265. The van der Waals surface area contributed by atoms with Crippen molar-refractivity contribution in [1.29, 1.82) is 0 Å². The van der Waals surface area contributed by atoms with Crippen LogP contribution < -0.4 is 0 Å². The van der Waals surface area contributed by atoms with E-state index in [0.717, 1.165) is 23.7 Å². The lowest BCUT2D eigenvalue weighted by atomic mass is 9.94. The van der Waals surface area contributed by atoms with Gasteiger partial charge in [-0.2, -0.15) is 0 Å². The number of rotatable bonds is 4. The first kappa shape index (κ1) is 10.9. The van der Waals surface area contributed by atoms with Crippen LogP contribution in [0.15, 0.2) is 18.2 Å². The van der Waals surface area contributed by atoms with Crippen LogP contribution in [-0.4, -0.2) is 12.6 Å². The summed E-state index contributed by atoms with van der Waals surface area (Å²) in [5.74, 6) is 0.0198. The Morgan fingerprint density at radius 1 is 1.43 bits per heavy atom. The van der Waals surface area contributed by atoms with Crippen LogP contribution in [0.4, 0.5) is 0 Å². The molecule has 1 rings (SSSR count). The lowest BCUT2D eigenvalue weighted by Gasteiger charge is -2.10. The van der Waals surface area contributed by atoms with Crippen molar-refractivity contribution in [3.8, 4) is 0 Å². The Hall–Kier alpha value is -1.15. The van der Waals surface area contributed by atoms with E-state index in [1.54, 1.807) is 25.1 Å². The molecule has 0 aliphatic heterocycles. The predicted octanol–water partition coefficient (Wildman–Crippen LogP) is 2.54. The molecule has 0 aliphatic carbocycles. The van der Waals surface area contributed by atoms with Crippen LogP contribution in [0.1, 0.15) is 34.3 Å². The first-order chi connectivity index (χ1) is 6.74. The van der Waals surface area contributed by atoms with E-state index in [2.05, 4.69) is 0 Å². The molecule has 2 nitrogen and oxygen atoms in total. The summed E-state index contributed by atoms with van der Waals surface area (Å²) in [4.78, 5) is 21.5. The Balaban J connectivity index is 3.28. The van der Waals surface area contributed by atoms with Crippen molar-refractivity contribution in [3.05, 3.63) is 34.9 Å². The summed E-state index contributed by atoms with van der Waals surface area (Å²) in [7, 11) is 0. The smallest absolute Gasteiger partial charge is 0.150 e. The van der Waals surface area contributed by atoms with Crippen molar-refractivity contribution in [1.82, 2.24) is 0 Å². The number of carbonyl (C=O) groups is 2. The van der Waals surface area contributed by atoms with Crippen LogP contribution >= 0.6 is 11.6 Å². The van der Waals surface area contributed by atoms with Gasteiger partial charge in [-0.15, -0.1) is 11.6 Å². The highest BCUT2D eigenvalue weighted by atomic mass is 35.5. The number of hydrogen-bond donors (Lipinski definition) is 0. The summed E-state index contributed by atoms with van der Waals surface area (Å²) in [6, 6.07) is 5.37. The zero-order valence-electron chi connectivity index (χ0n) is 7.87. The number of halogens is 1. The average molecular weight is 211 g/mol. The first-order valence-electron chi connectivity index (χ1n) is 4.32. The average Bonchev–Trinajstić information content (AvgIpc) is 2.26. The number of aldehydes is 2. The summed E-state index contributed by atoms with van der Waals surface area (Å²) in [6.45, 7) is 1.76. The second-order valence-corrected chi connectivity index (χ2v) is 3.36. The van der Waals surface area contributed by atoms with E-state index in [9.17, 15) is 9.59 Å². The second-order valence-electron chi connectivity index (χ2n) is 3.10. The molecular weight excluding hydrogens is 200 g/mol. The third kappa shape index (κ3) is 2.02. The molecule has 1 aromatic rings. The minimum Gasteiger partial charge on any atom is -0.303 e. The van der Waals surface area contributed by atoms with Crippen LogP contribution in [-0.2, 0) is 10.7 Å². The zero-order valence-corrected chi connectivity index (χ0v) is 8.62. The zero-order chi connectivity index (χ0) is 10.6. The van der Waals surface area contributed by atoms with E-state index in [4.69, 9.17) is 11.6 Å². The Bertz CT molecular complexity index is 347. The van der Waals surface area contributed by atoms with E-state index < -0.39 is 0 Å². The van der Waals surface area contributed by atoms with Crippen LogP contribution in [0.25, 0.3) is 0 Å². The number of carbonyl (C=O) groups excluding carboxylic acids is 2. The predicted molar refractivity (Wildman–Crippen MR) is 55.9 cm³/mol. The topological polar surface area (TPSA) is 34.1 Å². The molecule has 0 heterocycles. The maximum absolute atomic E-state index is 10.9. The SMILES string of the molecule is CC(C=O)c1cccc(CCl)c1C=O. The van der Waals surface area contributed by atoms with E-state index in [0.29, 0.717) is 5.56 Å². The summed E-state index contributed by atoms with van der Waals surface area (Å²) in [5.41, 5.74) is 2.06. The molecule has 0 fully saturated rings. The molecule has 1 aromatic carbocycles. The minimum atomic E-state index is -0.265. The van der Waals surface area contributed by atoms with Gasteiger partial charge in [0.05, 0.1) is 0 Å². The highest BCUT2D eigenvalue weighted by molar-refractivity contribution is 6.17. The molecule has 1 unspecified atom stereocenters.